The van der Waals surface area contributed by atoms with Crippen molar-refractivity contribution in [2.45, 2.75) is 25.3 Å². The molecule has 1 unspecified atom stereocenters. The summed E-state index contributed by atoms with van der Waals surface area (Å²) in [6.45, 7) is 0. The standard InChI is InChI=1S/C11H13BrN2/c1-2-3-4-5-11(13)9-6-10(12)8-14-7-9/h1,6-8,11H,3-5,13H2. The van der Waals surface area contributed by atoms with Gasteiger partial charge in [0.1, 0.15) is 0 Å². The van der Waals surface area contributed by atoms with Gasteiger partial charge in [-0.1, -0.05) is 0 Å². The Morgan fingerprint density at radius 2 is 2.36 bits per heavy atom. The van der Waals surface area contributed by atoms with Gasteiger partial charge in [0.15, 0.2) is 0 Å². The van der Waals surface area contributed by atoms with E-state index in [0.717, 1.165) is 29.3 Å². The van der Waals surface area contributed by atoms with Crippen LogP contribution in [-0.2, 0) is 0 Å². The number of hydrogen-bond donors (Lipinski definition) is 1. The van der Waals surface area contributed by atoms with Gasteiger partial charge in [-0.25, -0.2) is 0 Å². The van der Waals surface area contributed by atoms with Crippen LogP contribution in [0.15, 0.2) is 22.9 Å². The maximum atomic E-state index is 5.98. The van der Waals surface area contributed by atoms with E-state index in [1.54, 1.807) is 12.4 Å². The van der Waals surface area contributed by atoms with Crippen molar-refractivity contribution >= 4 is 15.9 Å². The number of pyridine rings is 1. The summed E-state index contributed by atoms with van der Waals surface area (Å²) >= 11 is 3.36. The van der Waals surface area contributed by atoms with Gasteiger partial charge in [0.25, 0.3) is 0 Å². The van der Waals surface area contributed by atoms with Crippen LogP contribution >= 0.6 is 15.9 Å². The van der Waals surface area contributed by atoms with E-state index in [4.69, 9.17) is 12.2 Å². The number of unbranched alkanes of at least 4 members (excludes halogenated alkanes) is 1. The Labute approximate surface area is 93.0 Å². The summed E-state index contributed by atoms with van der Waals surface area (Å²) in [5.41, 5.74) is 7.03. The SMILES string of the molecule is C#CCCCC(N)c1cncc(Br)c1. The van der Waals surface area contributed by atoms with Gasteiger partial charge >= 0.3 is 0 Å². The lowest BCUT2D eigenvalue weighted by Crippen LogP contribution is -2.10. The number of halogens is 1. The van der Waals surface area contributed by atoms with Gasteiger partial charge in [-0.2, -0.15) is 0 Å². The second-order valence-electron chi connectivity index (χ2n) is 3.14. The lowest BCUT2D eigenvalue weighted by molar-refractivity contribution is 0.619. The molecular formula is C11H13BrN2. The molecule has 0 aliphatic rings. The van der Waals surface area contributed by atoms with E-state index < -0.39 is 0 Å². The van der Waals surface area contributed by atoms with Crippen LogP contribution < -0.4 is 5.73 Å². The molecule has 0 spiro atoms. The summed E-state index contributed by atoms with van der Waals surface area (Å²) in [5.74, 6) is 2.61. The summed E-state index contributed by atoms with van der Waals surface area (Å²) in [4.78, 5) is 4.07. The molecule has 0 aromatic carbocycles. The molecule has 1 rings (SSSR count). The zero-order valence-electron chi connectivity index (χ0n) is 7.91. The Kier molecular flexibility index (Phi) is 4.64. The summed E-state index contributed by atoms with van der Waals surface area (Å²) in [6, 6.07) is 2.03. The van der Waals surface area contributed by atoms with Crippen molar-refractivity contribution in [1.82, 2.24) is 4.98 Å². The van der Waals surface area contributed by atoms with E-state index in [9.17, 15) is 0 Å². The first-order valence-electron chi connectivity index (χ1n) is 4.53. The molecule has 14 heavy (non-hydrogen) atoms. The number of nitrogens with two attached hydrogens (primary N) is 1. The molecule has 1 heterocycles. The van der Waals surface area contributed by atoms with Gasteiger partial charge in [0, 0.05) is 29.3 Å². The van der Waals surface area contributed by atoms with Crippen molar-refractivity contribution in [2.75, 3.05) is 0 Å². The Morgan fingerprint density at radius 3 is 3.00 bits per heavy atom. The Morgan fingerprint density at radius 1 is 1.57 bits per heavy atom. The van der Waals surface area contributed by atoms with Crippen LogP contribution in [0, 0.1) is 12.3 Å². The minimum Gasteiger partial charge on any atom is -0.324 e. The summed E-state index contributed by atoms with van der Waals surface area (Å²) in [5, 5.41) is 0. The average Bonchev–Trinajstić information content (AvgIpc) is 2.18. The zero-order chi connectivity index (χ0) is 10.4. The number of terminal acetylenes is 1. The van der Waals surface area contributed by atoms with Crippen LogP contribution in [0.4, 0.5) is 0 Å². The highest BCUT2D eigenvalue weighted by molar-refractivity contribution is 9.10. The number of aromatic nitrogens is 1. The minimum atomic E-state index is 0.0355. The van der Waals surface area contributed by atoms with Crippen LogP contribution in [0.3, 0.4) is 0 Å². The largest absolute Gasteiger partial charge is 0.324 e. The third kappa shape index (κ3) is 3.49. The van der Waals surface area contributed by atoms with Gasteiger partial charge in [0.05, 0.1) is 0 Å². The first kappa shape index (κ1) is 11.2. The van der Waals surface area contributed by atoms with E-state index in [-0.39, 0.29) is 6.04 Å². The molecule has 0 fully saturated rings. The molecule has 0 saturated carbocycles. The molecule has 3 heteroatoms. The predicted molar refractivity (Wildman–Crippen MR) is 61.5 cm³/mol. The summed E-state index contributed by atoms with van der Waals surface area (Å²) in [6.07, 6.45) is 11.4. The molecule has 0 aliphatic carbocycles. The highest BCUT2D eigenvalue weighted by Crippen LogP contribution is 2.18. The molecule has 1 aromatic rings. The van der Waals surface area contributed by atoms with E-state index in [0.29, 0.717) is 0 Å². The van der Waals surface area contributed by atoms with Crippen LogP contribution in [0.1, 0.15) is 30.9 Å². The fraction of sp³-hybridized carbons (Fsp3) is 0.364. The van der Waals surface area contributed by atoms with Gasteiger partial charge in [0.2, 0.25) is 0 Å². The number of nitrogens with zero attached hydrogens (tertiary/aromatic N) is 1. The first-order chi connectivity index (χ1) is 6.74. The Bertz CT molecular complexity index is 330. The molecule has 0 amide bonds. The topological polar surface area (TPSA) is 38.9 Å². The third-order valence-corrected chi connectivity index (χ3v) is 2.42. The lowest BCUT2D eigenvalue weighted by atomic mass is 10.0. The Hall–Kier alpha value is -0.850. The van der Waals surface area contributed by atoms with Crippen molar-refractivity contribution in [2.24, 2.45) is 5.73 Å². The molecule has 2 N–H and O–H groups in total. The Balaban J connectivity index is 2.52. The van der Waals surface area contributed by atoms with Crippen LogP contribution in [0.5, 0.6) is 0 Å². The third-order valence-electron chi connectivity index (χ3n) is 1.99. The number of rotatable bonds is 4. The summed E-state index contributed by atoms with van der Waals surface area (Å²) in [7, 11) is 0. The molecule has 0 radical (unpaired) electrons. The lowest BCUT2D eigenvalue weighted by Gasteiger charge is -2.10. The van der Waals surface area contributed by atoms with Gasteiger partial charge in [-0.15, -0.1) is 12.3 Å². The maximum absolute atomic E-state index is 5.98. The highest BCUT2D eigenvalue weighted by Gasteiger charge is 2.05. The van der Waals surface area contributed by atoms with Crippen molar-refractivity contribution in [3.05, 3.63) is 28.5 Å². The first-order valence-corrected chi connectivity index (χ1v) is 5.33. The van der Waals surface area contributed by atoms with Crippen molar-refractivity contribution in [3.8, 4) is 12.3 Å². The van der Waals surface area contributed by atoms with Gasteiger partial charge < -0.3 is 5.73 Å². The molecule has 0 aliphatic heterocycles. The molecule has 0 saturated heterocycles. The van der Waals surface area contributed by atoms with E-state index in [1.807, 2.05) is 6.07 Å². The second kappa shape index (κ2) is 5.79. The van der Waals surface area contributed by atoms with Crippen molar-refractivity contribution in [1.29, 1.82) is 0 Å². The normalized spacial score (nSPS) is 12.1. The fourth-order valence-corrected chi connectivity index (χ4v) is 1.60. The van der Waals surface area contributed by atoms with E-state index >= 15 is 0 Å². The monoisotopic (exact) mass is 252 g/mol. The van der Waals surface area contributed by atoms with Crippen LogP contribution in [0.25, 0.3) is 0 Å². The minimum absolute atomic E-state index is 0.0355. The van der Waals surface area contributed by atoms with E-state index in [1.165, 1.54) is 0 Å². The molecule has 1 atom stereocenters. The average molecular weight is 253 g/mol. The quantitative estimate of drug-likeness (QED) is 0.661. The number of hydrogen-bond acceptors (Lipinski definition) is 2. The van der Waals surface area contributed by atoms with Crippen molar-refractivity contribution in [3.63, 3.8) is 0 Å². The molecule has 0 bridgehead atoms. The fourth-order valence-electron chi connectivity index (χ4n) is 1.22. The molecule has 2 nitrogen and oxygen atoms in total. The van der Waals surface area contributed by atoms with Crippen LogP contribution in [0.2, 0.25) is 0 Å². The van der Waals surface area contributed by atoms with E-state index in [2.05, 4.69) is 26.8 Å². The van der Waals surface area contributed by atoms with Gasteiger partial charge in [-0.05, 0) is 40.4 Å². The molecule has 74 valence electrons. The van der Waals surface area contributed by atoms with Crippen LogP contribution in [-0.4, -0.2) is 4.98 Å². The predicted octanol–water partition coefficient (Wildman–Crippen LogP) is 2.65. The summed E-state index contributed by atoms with van der Waals surface area (Å²) < 4.78 is 0.961. The van der Waals surface area contributed by atoms with Gasteiger partial charge in [-0.3, -0.25) is 4.98 Å². The smallest absolute Gasteiger partial charge is 0.0410 e. The maximum Gasteiger partial charge on any atom is 0.0410 e. The molecule has 1 aromatic heterocycles. The molecular weight excluding hydrogens is 240 g/mol. The highest BCUT2D eigenvalue weighted by atomic mass is 79.9. The van der Waals surface area contributed by atoms with Crippen molar-refractivity contribution < 1.29 is 0 Å². The zero-order valence-corrected chi connectivity index (χ0v) is 9.50. The second-order valence-corrected chi connectivity index (χ2v) is 4.06.